The highest BCUT2D eigenvalue weighted by molar-refractivity contribution is 6.30. The smallest absolute Gasteiger partial charge is 0.319 e. The molecule has 3 aromatic rings. The number of carbonyl (C=O) groups is 1. The van der Waals surface area contributed by atoms with Gasteiger partial charge in [0.15, 0.2) is 0 Å². The van der Waals surface area contributed by atoms with Gasteiger partial charge in [-0.3, -0.25) is 4.68 Å². The van der Waals surface area contributed by atoms with E-state index >= 15 is 0 Å². The Morgan fingerprint density at radius 3 is 2.76 bits per heavy atom. The largest absolute Gasteiger partial charge is 0.394 e. The number of nitrogens with zero attached hydrogens (tertiary/aromatic N) is 3. The average molecular weight is 474 g/mol. The lowest BCUT2D eigenvalue weighted by Gasteiger charge is -2.36. The third-order valence-electron chi connectivity index (χ3n) is 5.58. The van der Waals surface area contributed by atoms with E-state index in [1.807, 2.05) is 0 Å². The zero-order valence-electron chi connectivity index (χ0n) is 17.8. The zero-order chi connectivity index (χ0) is 23.2. The van der Waals surface area contributed by atoms with E-state index in [2.05, 4.69) is 20.9 Å². The maximum atomic E-state index is 13.9. The first-order valence-electron chi connectivity index (χ1n) is 10.8. The Labute approximate surface area is 195 Å². The van der Waals surface area contributed by atoms with Crippen molar-refractivity contribution in [1.82, 2.24) is 20.3 Å². The topological polar surface area (TPSA) is 101 Å². The van der Waals surface area contributed by atoms with E-state index in [0.29, 0.717) is 41.4 Å². The van der Waals surface area contributed by atoms with Crippen LogP contribution in [0.15, 0.2) is 54.7 Å². The summed E-state index contributed by atoms with van der Waals surface area (Å²) in [5.74, 6) is -0.343. The van der Waals surface area contributed by atoms with E-state index < -0.39 is 6.10 Å². The summed E-state index contributed by atoms with van der Waals surface area (Å²) in [6, 6.07) is 12.6. The molecule has 1 saturated heterocycles. The Morgan fingerprint density at radius 1 is 1.21 bits per heavy atom. The summed E-state index contributed by atoms with van der Waals surface area (Å²) < 4.78 is 21.6. The number of nitrogens with one attached hydrogen (secondary N) is 2. The number of urea groups is 1. The van der Waals surface area contributed by atoms with Crippen LogP contribution in [-0.4, -0.2) is 51.0 Å². The van der Waals surface area contributed by atoms with E-state index in [9.17, 15) is 14.3 Å². The van der Waals surface area contributed by atoms with Crippen molar-refractivity contribution in [2.75, 3.05) is 11.9 Å². The Morgan fingerprint density at radius 2 is 2.00 bits per heavy atom. The minimum absolute atomic E-state index is 0.0966. The third kappa shape index (κ3) is 6.07. The van der Waals surface area contributed by atoms with Gasteiger partial charge in [-0.25, -0.2) is 9.18 Å². The van der Waals surface area contributed by atoms with Gasteiger partial charge in [0.05, 0.1) is 24.9 Å². The molecule has 2 aromatic carbocycles. The number of aliphatic hydroxyl groups excluding tert-OH is 1. The van der Waals surface area contributed by atoms with Gasteiger partial charge < -0.3 is 20.5 Å². The van der Waals surface area contributed by atoms with Gasteiger partial charge in [-0.2, -0.15) is 0 Å². The summed E-state index contributed by atoms with van der Waals surface area (Å²) in [4.78, 5) is 12.3. The molecule has 2 heterocycles. The summed E-state index contributed by atoms with van der Waals surface area (Å²) in [5, 5.41) is 24.1. The van der Waals surface area contributed by atoms with Crippen LogP contribution in [0.4, 0.5) is 14.9 Å². The average Bonchev–Trinajstić information content (AvgIpc) is 3.29. The maximum Gasteiger partial charge on any atom is 0.319 e. The van der Waals surface area contributed by atoms with Crippen molar-refractivity contribution in [2.45, 2.75) is 44.1 Å². The van der Waals surface area contributed by atoms with E-state index in [4.69, 9.17) is 16.3 Å². The van der Waals surface area contributed by atoms with Crippen molar-refractivity contribution in [2.24, 2.45) is 0 Å². The number of ether oxygens (including phenoxy) is 1. The van der Waals surface area contributed by atoms with Gasteiger partial charge in [0, 0.05) is 22.8 Å². The summed E-state index contributed by atoms with van der Waals surface area (Å²) in [6.45, 7) is 0.336. The van der Waals surface area contributed by atoms with Gasteiger partial charge in [0.25, 0.3) is 0 Å². The SMILES string of the molecule is O=C(Nc1ccc(Cl)cc1)N[C@@H]1CC[C@H](CCn2cc(-c3ccccc3F)nn2)O[C@H]1CO. The molecule has 1 aliphatic heterocycles. The number of benzene rings is 2. The molecule has 2 amide bonds. The molecule has 0 unspecified atom stereocenters. The van der Waals surface area contributed by atoms with Crippen molar-refractivity contribution in [3.63, 3.8) is 0 Å². The second-order valence-electron chi connectivity index (χ2n) is 7.90. The minimum Gasteiger partial charge on any atom is -0.394 e. The summed E-state index contributed by atoms with van der Waals surface area (Å²) >= 11 is 5.86. The Kier molecular flexibility index (Phi) is 7.54. The lowest BCUT2D eigenvalue weighted by Crippen LogP contribution is -2.52. The molecular formula is C23H25ClFN5O3. The number of anilines is 1. The highest BCUT2D eigenvalue weighted by Crippen LogP contribution is 2.24. The van der Waals surface area contributed by atoms with Gasteiger partial charge in [0.1, 0.15) is 17.6 Å². The zero-order valence-corrected chi connectivity index (χ0v) is 18.6. The minimum atomic E-state index is -0.510. The lowest BCUT2D eigenvalue weighted by atomic mass is 9.97. The molecule has 1 aliphatic rings. The van der Waals surface area contributed by atoms with Crippen LogP contribution in [0.2, 0.25) is 5.02 Å². The second-order valence-corrected chi connectivity index (χ2v) is 8.34. The molecule has 1 fully saturated rings. The quantitative estimate of drug-likeness (QED) is 0.483. The molecular weight excluding hydrogens is 449 g/mol. The molecule has 1 aromatic heterocycles. The van der Waals surface area contributed by atoms with Crippen molar-refractivity contribution in [3.8, 4) is 11.3 Å². The molecule has 8 nitrogen and oxygen atoms in total. The van der Waals surface area contributed by atoms with Gasteiger partial charge in [-0.1, -0.05) is 28.9 Å². The Hall–Kier alpha value is -3.01. The van der Waals surface area contributed by atoms with Crippen LogP contribution in [0.3, 0.4) is 0 Å². The molecule has 0 aliphatic carbocycles. The third-order valence-corrected chi connectivity index (χ3v) is 5.83. The predicted molar refractivity (Wildman–Crippen MR) is 122 cm³/mol. The van der Waals surface area contributed by atoms with Crippen molar-refractivity contribution >= 4 is 23.3 Å². The maximum absolute atomic E-state index is 13.9. The van der Waals surface area contributed by atoms with Crippen LogP contribution in [0.1, 0.15) is 19.3 Å². The molecule has 0 radical (unpaired) electrons. The van der Waals surface area contributed by atoms with E-state index in [1.54, 1.807) is 53.3 Å². The summed E-state index contributed by atoms with van der Waals surface area (Å²) in [6.07, 6.45) is 3.14. The van der Waals surface area contributed by atoms with Crippen LogP contribution in [0.5, 0.6) is 0 Å². The fourth-order valence-corrected chi connectivity index (χ4v) is 3.98. The molecule has 10 heteroatoms. The number of hydrogen-bond acceptors (Lipinski definition) is 5. The molecule has 4 rings (SSSR count). The molecule has 3 atom stereocenters. The number of aliphatic hydroxyl groups is 1. The Bertz CT molecular complexity index is 1080. The van der Waals surface area contributed by atoms with E-state index in [0.717, 1.165) is 6.42 Å². The van der Waals surface area contributed by atoms with Gasteiger partial charge in [-0.05, 0) is 55.7 Å². The van der Waals surface area contributed by atoms with Crippen LogP contribution in [0, 0.1) is 5.82 Å². The first kappa shape index (κ1) is 23.2. The lowest BCUT2D eigenvalue weighted by molar-refractivity contribution is -0.0905. The highest BCUT2D eigenvalue weighted by Gasteiger charge is 2.32. The number of aryl methyl sites for hydroxylation is 1. The molecule has 174 valence electrons. The van der Waals surface area contributed by atoms with Crippen LogP contribution in [-0.2, 0) is 11.3 Å². The molecule has 0 saturated carbocycles. The molecule has 3 N–H and O–H groups in total. The molecule has 0 spiro atoms. The fraction of sp³-hybridized carbons (Fsp3) is 0.348. The normalized spacial score (nSPS) is 20.4. The van der Waals surface area contributed by atoms with Crippen molar-refractivity contribution < 1.29 is 19.0 Å². The number of carbonyl (C=O) groups excluding carboxylic acids is 1. The van der Waals surface area contributed by atoms with Crippen molar-refractivity contribution in [1.29, 1.82) is 0 Å². The van der Waals surface area contributed by atoms with E-state index in [1.165, 1.54) is 6.07 Å². The molecule has 0 bridgehead atoms. The van der Waals surface area contributed by atoms with Gasteiger partial charge >= 0.3 is 6.03 Å². The highest BCUT2D eigenvalue weighted by atomic mass is 35.5. The van der Waals surface area contributed by atoms with Crippen LogP contribution >= 0.6 is 11.6 Å². The van der Waals surface area contributed by atoms with Crippen LogP contribution < -0.4 is 10.6 Å². The second kappa shape index (κ2) is 10.7. The first-order chi connectivity index (χ1) is 16.0. The summed E-state index contributed by atoms with van der Waals surface area (Å²) in [7, 11) is 0. The van der Waals surface area contributed by atoms with Crippen LogP contribution in [0.25, 0.3) is 11.3 Å². The Balaban J connectivity index is 1.27. The molecule has 33 heavy (non-hydrogen) atoms. The van der Waals surface area contributed by atoms with Gasteiger partial charge in [-0.15, -0.1) is 5.10 Å². The predicted octanol–water partition coefficient (Wildman–Crippen LogP) is 3.86. The summed E-state index contributed by atoms with van der Waals surface area (Å²) in [5.41, 5.74) is 1.50. The number of halogens is 2. The first-order valence-corrected chi connectivity index (χ1v) is 11.1. The van der Waals surface area contributed by atoms with Crippen molar-refractivity contribution in [3.05, 3.63) is 65.6 Å². The number of amides is 2. The van der Waals surface area contributed by atoms with E-state index in [-0.39, 0.29) is 30.6 Å². The standard InChI is InChI=1S/C23H25ClFN5O3/c24-15-5-7-16(8-6-15)26-23(32)27-20-10-9-17(33-22(20)14-31)11-12-30-13-21(28-29-30)18-3-1-2-4-19(18)25/h1-8,13,17,20,22,31H,9-12,14H2,(H2,26,27,32)/t17-,20-,22+/m1/s1. The monoisotopic (exact) mass is 473 g/mol. The number of hydrogen-bond donors (Lipinski definition) is 3. The number of rotatable bonds is 7. The fourth-order valence-electron chi connectivity index (χ4n) is 3.85. The number of aromatic nitrogens is 3. The van der Waals surface area contributed by atoms with Gasteiger partial charge in [0.2, 0.25) is 0 Å².